The van der Waals surface area contributed by atoms with Crippen LogP contribution < -0.4 is 10.1 Å². The second-order valence-corrected chi connectivity index (χ2v) is 4.51. The molecule has 0 bridgehead atoms. The number of carbonyl (C=O) groups excluding carboxylic acids is 1. The fraction of sp³-hybridized carbons (Fsp3) is 0.500. The summed E-state index contributed by atoms with van der Waals surface area (Å²) in [5.41, 5.74) is 0. The Kier molecular flexibility index (Phi) is 5.03. The molecule has 0 radical (unpaired) electrons. The summed E-state index contributed by atoms with van der Waals surface area (Å²) in [7, 11) is 1.62. The lowest BCUT2D eigenvalue weighted by atomic mass is 10.3. The molecular weight excluding hydrogens is 244 g/mol. The van der Waals surface area contributed by atoms with E-state index in [0.717, 1.165) is 18.7 Å². The first kappa shape index (κ1) is 13.7. The van der Waals surface area contributed by atoms with Gasteiger partial charge in [0.15, 0.2) is 0 Å². The number of para-hydroxylation sites is 1. The van der Waals surface area contributed by atoms with Gasteiger partial charge in [0.2, 0.25) is 0 Å². The van der Waals surface area contributed by atoms with Crippen LogP contribution in [0.4, 0.5) is 4.79 Å². The summed E-state index contributed by atoms with van der Waals surface area (Å²) in [6, 6.07) is 9.66. The average molecular weight is 264 g/mol. The van der Waals surface area contributed by atoms with Crippen LogP contribution in [-0.4, -0.2) is 50.4 Å². The Morgan fingerprint density at radius 3 is 2.95 bits per heavy atom. The van der Waals surface area contributed by atoms with Gasteiger partial charge in [-0.05, 0) is 12.1 Å². The molecule has 1 aliphatic rings. The van der Waals surface area contributed by atoms with E-state index in [1.807, 2.05) is 30.3 Å². The molecule has 104 valence electrons. The Bertz CT molecular complexity index is 397. The molecule has 1 aromatic rings. The normalized spacial score (nSPS) is 18.4. The van der Waals surface area contributed by atoms with Crippen molar-refractivity contribution in [1.29, 1.82) is 0 Å². The van der Waals surface area contributed by atoms with Crippen LogP contribution >= 0.6 is 0 Å². The van der Waals surface area contributed by atoms with Crippen molar-refractivity contribution in [2.75, 3.05) is 33.4 Å². The maximum Gasteiger partial charge on any atom is 0.317 e. The first-order valence-electron chi connectivity index (χ1n) is 6.53. The first-order chi connectivity index (χ1) is 9.29. The zero-order valence-electron chi connectivity index (χ0n) is 11.2. The van der Waals surface area contributed by atoms with Crippen molar-refractivity contribution >= 4 is 6.03 Å². The number of rotatable bonds is 5. The highest BCUT2D eigenvalue weighted by molar-refractivity contribution is 5.74. The third-order valence-corrected chi connectivity index (χ3v) is 3.06. The van der Waals surface area contributed by atoms with E-state index in [2.05, 4.69) is 5.32 Å². The topological polar surface area (TPSA) is 50.8 Å². The van der Waals surface area contributed by atoms with Gasteiger partial charge in [0, 0.05) is 26.6 Å². The number of amides is 2. The predicted octanol–water partition coefficient (Wildman–Crippen LogP) is 1.50. The molecule has 5 heteroatoms. The number of methoxy groups -OCH3 is 1. The van der Waals surface area contributed by atoms with Gasteiger partial charge < -0.3 is 19.7 Å². The summed E-state index contributed by atoms with van der Waals surface area (Å²) in [4.78, 5) is 13.6. The zero-order chi connectivity index (χ0) is 13.5. The Balaban J connectivity index is 1.75. The lowest BCUT2D eigenvalue weighted by molar-refractivity contribution is 0.176. The summed E-state index contributed by atoms with van der Waals surface area (Å²) in [5, 5.41) is 2.82. The molecule has 1 N–H and O–H groups in total. The molecule has 1 heterocycles. The molecule has 1 aliphatic heterocycles. The monoisotopic (exact) mass is 264 g/mol. The Labute approximate surface area is 113 Å². The number of hydrogen-bond donors (Lipinski definition) is 1. The minimum atomic E-state index is -0.0452. The molecule has 1 aromatic carbocycles. The van der Waals surface area contributed by atoms with Crippen LogP contribution in [0.1, 0.15) is 6.42 Å². The number of ether oxygens (including phenoxy) is 2. The van der Waals surface area contributed by atoms with Gasteiger partial charge in [0.25, 0.3) is 0 Å². The molecule has 0 aromatic heterocycles. The lowest BCUT2D eigenvalue weighted by Gasteiger charge is -2.17. The van der Waals surface area contributed by atoms with Crippen molar-refractivity contribution in [1.82, 2.24) is 10.2 Å². The number of urea groups is 1. The number of nitrogens with zero attached hydrogens (tertiary/aromatic N) is 1. The van der Waals surface area contributed by atoms with Crippen molar-refractivity contribution in [3.63, 3.8) is 0 Å². The molecule has 5 nitrogen and oxygen atoms in total. The van der Waals surface area contributed by atoms with E-state index in [0.29, 0.717) is 19.7 Å². The molecule has 0 aliphatic carbocycles. The molecule has 0 saturated carbocycles. The van der Waals surface area contributed by atoms with Gasteiger partial charge in [-0.25, -0.2) is 4.79 Å². The van der Waals surface area contributed by atoms with Crippen molar-refractivity contribution in [3.05, 3.63) is 30.3 Å². The summed E-state index contributed by atoms with van der Waals surface area (Å²) in [6.07, 6.45) is 0.947. The third kappa shape index (κ3) is 4.13. The molecular formula is C14H20N2O3. The van der Waals surface area contributed by atoms with Gasteiger partial charge in [0.1, 0.15) is 11.9 Å². The molecule has 1 fully saturated rings. The highest BCUT2D eigenvalue weighted by Gasteiger charge is 2.27. The fourth-order valence-electron chi connectivity index (χ4n) is 2.07. The molecule has 0 spiro atoms. The number of nitrogens with one attached hydrogen (secondary N) is 1. The van der Waals surface area contributed by atoms with Gasteiger partial charge in [-0.2, -0.15) is 0 Å². The predicted molar refractivity (Wildman–Crippen MR) is 72.3 cm³/mol. The van der Waals surface area contributed by atoms with Gasteiger partial charge in [0.05, 0.1) is 13.2 Å². The smallest absolute Gasteiger partial charge is 0.317 e. The lowest BCUT2D eigenvalue weighted by Crippen LogP contribution is -2.40. The third-order valence-electron chi connectivity index (χ3n) is 3.06. The summed E-state index contributed by atoms with van der Waals surface area (Å²) in [6.45, 7) is 2.43. The zero-order valence-corrected chi connectivity index (χ0v) is 11.2. The van der Waals surface area contributed by atoms with Crippen LogP contribution in [0.25, 0.3) is 0 Å². The standard InChI is InChI=1S/C14H20N2O3/c1-18-10-8-15-14(17)16-9-7-13(11-16)19-12-5-3-2-4-6-12/h2-6,13H,7-11H2,1H3,(H,15,17). The van der Waals surface area contributed by atoms with Gasteiger partial charge in [-0.1, -0.05) is 18.2 Å². The molecule has 19 heavy (non-hydrogen) atoms. The van der Waals surface area contributed by atoms with Gasteiger partial charge >= 0.3 is 6.03 Å². The van der Waals surface area contributed by atoms with E-state index in [1.54, 1.807) is 12.0 Å². The maximum absolute atomic E-state index is 11.8. The van der Waals surface area contributed by atoms with E-state index in [4.69, 9.17) is 9.47 Å². The SMILES string of the molecule is COCCNC(=O)N1CCC(Oc2ccccc2)C1. The van der Waals surface area contributed by atoms with Crippen molar-refractivity contribution in [2.24, 2.45) is 0 Å². The second kappa shape index (κ2) is 6.99. The van der Waals surface area contributed by atoms with Crippen LogP contribution in [0, 0.1) is 0 Å². The van der Waals surface area contributed by atoms with E-state index in [1.165, 1.54) is 0 Å². The van der Waals surface area contributed by atoms with Crippen LogP contribution in [0.15, 0.2) is 30.3 Å². The van der Waals surface area contributed by atoms with Crippen LogP contribution in [0.2, 0.25) is 0 Å². The molecule has 2 amide bonds. The number of carbonyl (C=O) groups is 1. The van der Waals surface area contributed by atoms with Crippen molar-refractivity contribution in [2.45, 2.75) is 12.5 Å². The van der Waals surface area contributed by atoms with Crippen LogP contribution in [-0.2, 0) is 4.74 Å². The average Bonchev–Trinajstić information content (AvgIpc) is 2.89. The Morgan fingerprint density at radius 2 is 2.21 bits per heavy atom. The van der Waals surface area contributed by atoms with Gasteiger partial charge in [-0.15, -0.1) is 0 Å². The van der Waals surface area contributed by atoms with E-state index in [-0.39, 0.29) is 12.1 Å². The summed E-state index contributed by atoms with van der Waals surface area (Å²) < 4.78 is 10.7. The molecule has 2 rings (SSSR count). The first-order valence-corrected chi connectivity index (χ1v) is 6.53. The minimum absolute atomic E-state index is 0.0452. The van der Waals surface area contributed by atoms with Gasteiger partial charge in [-0.3, -0.25) is 0 Å². The fourth-order valence-corrected chi connectivity index (χ4v) is 2.07. The van der Waals surface area contributed by atoms with Crippen LogP contribution in [0.5, 0.6) is 5.75 Å². The largest absolute Gasteiger partial charge is 0.489 e. The Hall–Kier alpha value is -1.75. The minimum Gasteiger partial charge on any atom is -0.489 e. The highest BCUT2D eigenvalue weighted by atomic mass is 16.5. The van der Waals surface area contributed by atoms with E-state index < -0.39 is 0 Å². The van der Waals surface area contributed by atoms with Crippen molar-refractivity contribution in [3.8, 4) is 5.75 Å². The van der Waals surface area contributed by atoms with Crippen LogP contribution in [0.3, 0.4) is 0 Å². The van der Waals surface area contributed by atoms with E-state index in [9.17, 15) is 4.79 Å². The highest BCUT2D eigenvalue weighted by Crippen LogP contribution is 2.17. The molecule has 1 atom stereocenters. The Morgan fingerprint density at radius 1 is 1.42 bits per heavy atom. The quantitative estimate of drug-likeness (QED) is 0.820. The van der Waals surface area contributed by atoms with Crippen molar-refractivity contribution < 1.29 is 14.3 Å². The summed E-state index contributed by atoms with van der Waals surface area (Å²) in [5.74, 6) is 0.856. The number of hydrogen-bond acceptors (Lipinski definition) is 3. The second-order valence-electron chi connectivity index (χ2n) is 4.51. The maximum atomic E-state index is 11.8. The molecule has 1 unspecified atom stereocenters. The number of benzene rings is 1. The molecule has 1 saturated heterocycles. The summed E-state index contributed by atoms with van der Waals surface area (Å²) >= 11 is 0. The number of likely N-dealkylation sites (tertiary alicyclic amines) is 1. The van der Waals surface area contributed by atoms with E-state index >= 15 is 0 Å².